The third-order valence-corrected chi connectivity index (χ3v) is 5.38. The first-order chi connectivity index (χ1) is 9.90. The molecule has 0 amide bonds. The molecular weight excluding hydrogens is 288 g/mol. The van der Waals surface area contributed by atoms with Crippen LogP contribution in [0.4, 0.5) is 0 Å². The largest absolute Gasteiger partial charge is 0.497 e. The molecule has 118 valence electrons. The number of hydrogen-bond acceptors (Lipinski definition) is 4. The van der Waals surface area contributed by atoms with Crippen LogP contribution in [0.5, 0.6) is 5.75 Å². The molecule has 0 heterocycles. The maximum atomic E-state index is 11.3. The highest BCUT2D eigenvalue weighted by Gasteiger charge is 2.19. The number of hydrogen-bond donors (Lipinski definition) is 1. The van der Waals surface area contributed by atoms with Crippen molar-refractivity contribution in [3.63, 3.8) is 0 Å². The molecule has 0 saturated carbocycles. The normalized spacial score (nSPS) is 18.6. The molecule has 0 aromatic heterocycles. The van der Waals surface area contributed by atoms with Crippen LogP contribution >= 0.6 is 0 Å². The summed E-state index contributed by atoms with van der Waals surface area (Å²) in [6.07, 6.45) is 4.34. The van der Waals surface area contributed by atoms with E-state index in [9.17, 15) is 8.42 Å². The van der Waals surface area contributed by atoms with Gasteiger partial charge in [0.2, 0.25) is 10.0 Å². The zero-order chi connectivity index (χ0) is 15.5. The Morgan fingerprint density at radius 3 is 2.81 bits per heavy atom. The molecule has 5 nitrogen and oxygen atoms in total. The van der Waals surface area contributed by atoms with E-state index < -0.39 is 10.0 Å². The fraction of sp³-hybridized carbons (Fsp3) is 0.600. The number of likely N-dealkylation sites (N-methyl/N-ethyl adjacent to an activating group) is 1. The van der Waals surface area contributed by atoms with Crippen LogP contribution in [0.1, 0.15) is 17.5 Å². The Balaban J connectivity index is 1.87. The molecular formula is C15H24N2O3S. The molecule has 1 atom stereocenters. The number of benzene rings is 1. The topological polar surface area (TPSA) is 58.6 Å². The molecule has 21 heavy (non-hydrogen) atoms. The summed E-state index contributed by atoms with van der Waals surface area (Å²) in [6.45, 7) is 1.17. The van der Waals surface area contributed by atoms with Crippen molar-refractivity contribution < 1.29 is 13.2 Å². The molecule has 1 aromatic carbocycles. The van der Waals surface area contributed by atoms with Crippen LogP contribution in [0, 0.1) is 0 Å². The van der Waals surface area contributed by atoms with Crippen LogP contribution in [0.2, 0.25) is 0 Å². The lowest BCUT2D eigenvalue weighted by Gasteiger charge is -2.26. The molecule has 0 saturated heterocycles. The number of nitrogens with zero attached hydrogens (tertiary/aromatic N) is 1. The van der Waals surface area contributed by atoms with E-state index in [-0.39, 0.29) is 0 Å². The number of sulfonamides is 1. The molecule has 0 bridgehead atoms. The number of ether oxygens (including phenoxy) is 1. The van der Waals surface area contributed by atoms with Crippen LogP contribution < -0.4 is 10.1 Å². The van der Waals surface area contributed by atoms with Gasteiger partial charge in [-0.05, 0) is 42.5 Å². The van der Waals surface area contributed by atoms with Gasteiger partial charge in [0, 0.05) is 26.2 Å². The Hall–Kier alpha value is -1.11. The minimum Gasteiger partial charge on any atom is -0.497 e. The number of aryl methyl sites for hydroxylation is 1. The van der Waals surface area contributed by atoms with Crippen LogP contribution in [0.25, 0.3) is 0 Å². The van der Waals surface area contributed by atoms with Gasteiger partial charge in [0.25, 0.3) is 0 Å². The predicted octanol–water partition coefficient (Wildman–Crippen LogP) is 1.03. The lowest BCUT2D eigenvalue weighted by Crippen LogP contribution is -2.40. The lowest BCUT2D eigenvalue weighted by atomic mass is 9.88. The van der Waals surface area contributed by atoms with Gasteiger partial charge in [-0.3, -0.25) is 0 Å². The van der Waals surface area contributed by atoms with Crippen molar-refractivity contribution >= 4 is 10.0 Å². The summed E-state index contributed by atoms with van der Waals surface area (Å²) in [6, 6.07) is 6.65. The highest BCUT2D eigenvalue weighted by atomic mass is 32.2. The SMILES string of the molecule is COc1ccc2c(c1)CC(NCCN(C)S(C)(=O)=O)CC2. The third kappa shape index (κ3) is 4.43. The monoisotopic (exact) mass is 312 g/mol. The summed E-state index contributed by atoms with van der Waals surface area (Å²) in [7, 11) is 0.204. The number of rotatable bonds is 6. The molecule has 0 fully saturated rings. The van der Waals surface area contributed by atoms with Gasteiger partial charge in [-0.2, -0.15) is 0 Å². The van der Waals surface area contributed by atoms with Crippen LogP contribution in [0.3, 0.4) is 0 Å². The molecule has 1 N–H and O–H groups in total. The lowest BCUT2D eigenvalue weighted by molar-refractivity contribution is 0.405. The maximum absolute atomic E-state index is 11.3. The summed E-state index contributed by atoms with van der Waals surface area (Å²) in [5.41, 5.74) is 2.72. The molecule has 1 aliphatic rings. The Morgan fingerprint density at radius 1 is 1.38 bits per heavy atom. The fourth-order valence-corrected chi connectivity index (χ4v) is 3.05. The van der Waals surface area contributed by atoms with Gasteiger partial charge in [0.1, 0.15) is 5.75 Å². The Kier molecular flexibility index (Phi) is 5.24. The second-order valence-electron chi connectivity index (χ2n) is 5.61. The van der Waals surface area contributed by atoms with Gasteiger partial charge in [0.05, 0.1) is 13.4 Å². The van der Waals surface area contributed by atoms with Crippen LogP contribution in [-0.4, -0.2) is 52.3 Å². The Bertz CT molecular complexity index is 587. The van der Waals surface area contributed by atoms with E-state index in [1.807, 2.05) is 6.07 Å². The predicted molar refractivity (Wildman–Crippen MR) is 84.3 cm³/mol. The molecule has 1 aliphatic carbocycles. The number of methoxy groups -OCH3 is 1. The fourth-order valence-electron chi connectivity index (χ4n) is 2.63. The summed E-state index contributed by atoms with van der Waals surface area (Å²) >= 11 is 0. The van der Waals surface area contributed by atoms with E-state index in [2.05, 4.69) is 17.4 Å². The quantitative estimate of drug-likeness (QED) is 0.852. The van der Waals surface area contributed by atoms with Crippen molar-refractivity contribution in [1.29, 1.82) is 0 Å². The van der Waals surface area contributed by atoms with Gasteiger partial charge >= 0.3 is 0 Å². The zero-order valence-corrected chi connectivity index (χ0v) is 13.7. The molecule has 1 unspecified atom stereocenters. The van der Waals surface area contributed by atoms with E-state index >= 15 is 0 Å². The van der Waals surface area contributed by atoms with E-state index in [0.29, 0.717) is 19.1 Å². The van der Waals surface area contributed by atoms with Crippen molar-refractivity contribution in [3.8, 4) is 5.75 Å². The van der Waals surface area contributed by atoms with E-state index in [0.717, 1.165) is 25.0 Å². The zero-order valence-electron chi connectivity index (χ0n) is 12.9. The van der Waals surface area contributed by atoms with E-state index in [4.69, 9.17) is 4.74 Å². The Morgan fingerprint density at radius 2 is 2.14 bits per heavy atom. The highest BCUT2D eigenvalue weighted by molar-refractivity contribution is 7.88. The minimum absolute atomic E-state index is 0.401. The molecule has 0 aliphatic heterocycles. The van der Waals surface area contributed by atoms with Crippen molar-refractivity contribution in [1.82, 2.24) is 9.62 Å². The summed E-state index contributed by atoms with van der Waals surface area (Å²) in [5.74, 6) is 0.895. The first-order valence-electron chi connectivity index (χ1n) is 7.20. The molecule has 0 radical (unpaired) electrons. The third-order valence-electron chi connectivity index (χ3n) is 4.07. The first-order valence-corrected chi connectivity index (χ1v) is 9.05. The number of nitrogens with one attached hydrogen (secondary N) is 1. The molecule has 6 heteroatoms. The van der Waals surface area contributed by atoms with Crippen LogP contribution in [0.15, 0.2) is 18.2 Å². The minimum atomic E-state index is -3.09. The van der Waals surface area contributed by atoms with Gasteiger partial charge < -0.3 is 10.1 Å². The van der Waals surface area contributed by atoms with Gasteiger partial charge in [-0.15, -0.1) is 0 Å². The van der Waals surface area contributed by atoms with Gasteiger partial charge in [-0.1, -0.05) is 6.07 Å². The van der Waals surface area contributed by atoms with Crippen LogP contribution in [-0.2, 0) is 22.9 Å². The maximum Gasteiger partial charge on any atom is 0.210 e. The van der Waals surface area contributed by atoms with Crippen molar-refractivity contribution in [2.24, 2.45) is 0 Å². The summed E-state index contributed by atoms with van der Waals surface area (Å²) in [4.78, 5) is 0. The number of fused-ring (bicyclic) bond motifs is 1. The summed E-state index contributed by atoms with van der Waals surface area (Å²) in [5, 5.41) is 3.46. The van der Waals surface area contributed by atoms with Crippen molar-refractivity contribution in [2.45, 2.75) is 25.3 Å². The van der Waals surface area contributed by atoms with Crippen molar-refractivity contribution in [3.05, 3.63) is 29.3 Å². The van der Waals surface area contributed by atoms with E-state index in [1.54, 1.807) is 14.2 Å². The molecule has 2 rings (SSSR count). The second-order valence-corrected chi connectivity index (χ2v) is 7.70. The first kappa shape index (κ1) is 16.3. The van der Waals surface area contributed by atoms with Gasteiger partial charge in [-0.25, -0.2) is 12.7 Å². The average molecular weight is 312 g/mol. The molecule has 0 spiro atoms. The second kappa shape index (κ2) is 6.77. The standard InChI is InChI=1S/C15H24N2O3S/c1-17(21(3,18)19)9-8-16-14-6-4-12-5-7-15(20-2)11-13(12)10-14/h5,7,11,14,16H,4,6,8-10H2,1-3H3. The van der Waals surface area contributed by atoms with Gasteiger partial charge in [0.15, 0.2) is 0 Å². The smallest absolute Gasteiger partial charge is 0.210 e. The molecule has 1 aromatic rings. The summed E-state index contributed by atoms with van der Waals surface area (Å²) < 4.78 is 29.3. The van der Waals surface area contributed by atoms with Crippen molar-refractivity contribution in [2.75, 3.05) is 33.5 Å². The average Bonchev–Trinajstić information content (AvgIpc) is 2.45. The Labute approximate surface area is 127 Å². The highest BCUT2D eigenvalue weighted by Crippen LogP contribution is 2.25. The van der Waals surface area contributed by atoms with E-state index in [1.165, 1.54) is 21.7 Å².